The summed E-state index contributed by atoms with van der Waals surface area (Å²) in [5.74, 6) is 0. The molecule has 3 nitrogen and oxygen atoms in total. The molecule has 2 rings (SSSR count). The van der Waals surface area contributed by atoms with E-state index in [1.165, 1.54) is 44.3 Å². The molecule has 0 aromatic carbocycles. The van der Waals surface area contributed by atoms with Crippen LogP contribution in [0.15, 0.2) is 12.3 Å². The van der Waals surface area contributed by atoms with Crippen LogP contribution in [0.5, 0.6) is 0 Å². The van der Waals surface area contributed by atoms with Gasteiger partial charge >= 0.3 is 0 Å². The van der Waals surface area contributed by atoms with Gasteiger partial charge in [-0.1, -0.05) is 19.8 Å². The molecule has 0 amide bonds. The summed E-state index contributed by atoms with van der Waals surface area (Å²) in [6.07, 6.45) is 9.71. The van der Waals surface area contributed by atoms with Crippen LogP contribution in [-0.4, -0.2) is 21.9 Å². The van der Waals surface area contributed by atoms with Gasteiger partial charge in [0, 0.05) is 24.2 Å². The largest absolute Gasteiger partial charge is 0.311 e. The lowest BCUT2D eigenvalue weighted by molar-refractivity contribution is 0.298. The van der Waals surface area contributed by atoms with Crippen molar-refractivity contribution in [1.29, 1.82) is 0 Å². The minimum absolute atomic E-state index is 0.284. The molecule has 1 unspecified atom stereocenters. The lowest BCUT2D eigenvalue weighted by Crippen LogP contribution is -2.46. The third-order valence-electron chi connectivity index (χ3n) is 4.22. The van der Waals surface area contributed by atoms with Gasteiger partial charge in [-0.3, -0.25) is 4.68 Å². The van der Waals surface area contributed by atoms with Crippen molar-refractivity contribution in [3.05, 3.63) is 18.0 Å². The molecule has 1 aliphatic rings. The maximum atomic E-state index is 4.70. The molecule has 2 heterocycles. The van der Waals surface area contributed by atoms with Crippen LogP contribution >= 0.6 is 0 Å². The van der Waals surface area contributed by atoms with E-state index in [-0.39, 0.29) is 5.54 Å². The van der Waals surface area contributed by atoms with E-state index in [0.717, 1.165) is 6.42 Å². The van der Waals surface area contributed by atoms with Crippen LogP contribution in [0, 0.1) is 0 Å². The first kappa shape index (κ1) is 13.6. The van der Waals surface area contributed by atoms with Gasteiger partial charge < -0.3 is 5.32 Å². The van der Waals surface area contributed by atoms with Gasteiger partial charge in [-0.2, -0.15) is 5.10 Å². The van der Waals surface area contributed by atoms with Crippen molar-refractivity contribution >= 4 is 0 Å². The second-order valence-corrected chi connectivity index (χ2v) is 5.93. The van der Waals surface area contributed by atoms with E-state index in [1.54, 1.807) is 0 Å². The molecular formula is C15H27N3. The van der Waals surface area contributed by atoms with Gasteiger partial charge in [-0.05, 0) is 45.7 Å². The molecule has 102 valence electrons. The van der Waals surface area contributed by atoms with Gasteiger partial charge in [0.15, 0.2) is 0 Å². The molecule has 1 aromatic heterocycles. The fourth-order valence-electron chi connectivity index (χ4n) is 2.89. The predicted octanol–water partition coefficient (Wildman–Crippen LogP) is 3.32. The van der Waals surface area contributed by atoms with Crippen molar-refractivity contribution in [3.63, 3.8) is 0 Å². The summed E-state index contributed by atoms with van der Waals surface area (Å²) < 4.78 is 2.06. The summed E-state index contributed by atoms with van der Waals surface area (Å²) in [6, 6.07) is 2.64. The van der Waals surface area contributed by atoms with Crippen LogP contribution in [0.4, 0.5) is 0 Å². The second kappa shape index (κ2) is 5.87. The van der Waals surface area contributed by atoms with Crippen molar-refractivity contribution < 1.29 is 0 Å². The fourth-order valence-corrected chi connectivity index (χ4v) is 2.89. The van der Waals surface area contributed by atoms with E-state index in [4.69, 9.17) is 5.10 Å². The van der Waals surface area contributed by atoms with Gasteiger partial charge in [0.25, 0.3) is 0 Å². The van der Waals surface area contributed by atoms with E-state index >= 15 is 0 Å². The van der Waals surface area contributed by atoms with Crippen LogP contribution < -0.4 is 5.32 Å². The van der Waals surface area contributed by atoms with E-state index in [0.29, 0.717) is 6.04 Å². The Morgan fingerprint density at radius 2 is 2.22 bits per heavy atom. The summed E-state index contributed by atoms with van der Waals surface area (Å²) in [5, 5.41) is 8.49. The van der Waals surface area contributed by atoms with E-state index < -0.39 is 0 Å². The third kappa shape index (κ3) is 3.14. The Labute approximate surface area is 111 Å². The van der Waals surface area contributed by atoms with Gasteiger partial charge in [-0.25, -0.2) is 0 Å². The smallest absolute Gasteiger partial charge is 0.0643 e. The van der Waals surface area contributed by atoms with Gasteiger partial charge in [0.2, 0.25) is 0 Å². The molecule has 0 aliphatic carbocycles. The molecule has 3 heteroatoms. The molecule has 1 aliphatic heterocycles. The first-order valence-electron chi connectivity index (χ1n) is 7.44. The Morgan fingerprint density at radius 3 is 2.89 bits per heavy atom. The first-order chi connectivity index (χ1) is 8.65. The lowest BCUT2D eigenvalue weighted by atomic mass is 9.86. The van der Waals surface area contributed by atoms with Gasteiger partial charge in [0.05, 0.1) is 5.69 Å². The second-order valence-electron chi connectivity index (χ2n) is 5.93. The zero-order valence-electron chi connectivity index (χ0n) is 12.1. The summed E-state index contributed by atoms with van der Waals surface area (Å²) in [4.78, 5) is 0. The Morgan fingerprint density at radius 1 is 1.39 bits per heavy atom. The Balaban J connectivity index is 2.08. The Bertz CT molecular complexity index is 360. The minimum Gasteiger partial charge on any atom is -0.311 e. The van der Waals surface area contributed by atoms with Crippen LogP contribution in [0.2, 0.25) is 0 Å². The van der Waals surface area contributed by atoms with Crippen molar-refractivity contribution in [2.45, 2.75) is 70.9 Å². The van der Waals surface area contributed by atoms with Crippen molar-refractivity contribution in [3.8, 4) is 0 Å². The molecule has 0 spiro atoms. The molecule has 1 atom stereocenters. The lowest BCUT2D eigenvalue weighted by Gasteiger charge is -2.32. The molecule has 1 saturated heterocycles. The summed E-state index contributed by atoms with van der Waals surface area (Å²) in [5.41, 5.74) is 1.52. The predicted molar refractivity (Wildman–Crippen MR) is 75.8 cm³/mol. The first-order valence-corrected chi connectivity index (χ1v) is 7.44. The highest BCUT2D eigenvalue weighted by molar-refractivity contribution is 5.07. The van der Waals surface area contributed by atoms with Crippen molar-refractivity contribution in [2.24, 2.45) is 0 Å². The van der Waals surface area contributed by atoms with Crippen LogP contribution in [-0.2, 0) is 6.42 Å². The van der Waals surface area contributed by atoms with E-state index in [9.17, 15) is 0 Å². The van der Waals surface area contributed by atoms with E-state index in [1.807, 2.05) is 0 Å². The number of rotatable bonds is 4. The number of aromatic nitrogens is 2. The summed E-state index contributed by atoms with van der Waals surface area (Å²) >= 11 is 0. The zero-order valence-corrected chi connectivity index (χ0v) is 12.1. The molecule has 0 saturated carbocycles. The monoisotopic (exact) mass is 249 g/mol. The minimum atomic E-state index is 0.284. The van der Waals surface area contributed by atoms with Crippen LogP contribution in [0.3, 0.4) is 0 Å². The summed E-state index contributed by atoms with van der Waals surface area (Å²) in [6.45, 7) is 7.82. The van der Waals surface area contributed by atoms with Crippen LogP contribution in [0.1, 0.15) is 64.6 Å². The standard InChI is InChI=1S/C15H27N3/c1-4-15(9-6-5-7-10-16-15)12-14-8-11-18(17-14)13(2)3/h8,11,13,16H,4-7,9-10,12H2,1-3H3. The number of nitrogens with one attached hydrogen (secondary N) is 1. The maximum absolute atomic E-state index is 4.70. The molecular weight excluding hydrogens is 222 g/mol. The highest BCUT2D eigenvalue weighted by Crippen LogP contribution is 2.26. The number of nitrogens with zero attached hydrogens (tertiary/aromatic N) is 2. The average molecular weight is 249 g/mol. The highest BCUT2D eigenvalue weighted by Gasteiger charge is 2.29. The molecule has 0 bridgehead atoms. The van der Waals surface area contributed by atoms with Crippen molar-refractivity contribution in [2.75, 3.05) is 6.54 Å². The molecule has 1 N–H and O–H groups in total. The molecule has 1 aromatic rings. The Hall–Kier alpha value is -0.830. The molecule has 1 fully saturated rings. The average Bonchev–Trinajstić information content (AvgIpc) is 2.69. The SMILES string of the molecule is CCC1(Cc2ccn(C(C)C)n2)CCCCCN1. The molecule has 0 radical (unpaired) electrons. The highest BCUT2D eigenvalue weighted by atomic mass is 15.3. The normalized spacial score (nSPS) is 25.3. The summed E-state index contributed by atoms with van der Waals surface area (Å²) in [7, 11) is 0. The number of hydrogen-bond donors (Lipinski definition) is 1. The topological polar surface area (TPSA) is 29.9 Å². The zero-order chi connectivity index (χ0) is 13.0. The Kier molecular flexibility index (Phi) is 4.44. The fraction of sp³-hybridized carbons (Fsp3) is 0.800. The van der Waals surface area contributed by atoms with E-state index in [2.05, 4.69) is 43.0 Å². The number of hydrogen-bond acceptors (Lipinski definition) is 2. The maximum Gasteiger partial charge on any atom is 0.0643 e. The quantitative estimate of drug-likeness (QED) is 0.887. The van der Waals surface area contributed by atoms with Gasteiger partial charge in [-0.15, -0.1) is 0 Å². The molecule has 18 heavy (non-hydrogen) atoms. The van der Waals surface area contributed by atoms with Crippen molar-refractivity contribution in [1.82, 2.24) is 15.1 Å². The van der Waals surface area contributed by atoms with Gasteiger partial charge in [0.1, 0.15) is 0 Å². The third-order valence-corrected chi connectivity index (χ3v) is 4.22. The van der Waals surface area contributed by atoms with Crippen LogP contribution in [0.25, 0.3) is 0 Å².